The Hall–Kier alpha value is -1.23. The number of hydrogen-bond donors (Lipinski definition) is 1. The van der Waals surface area contributed by atoms with E-state index in [2.05, 4.69) is 21.0 Å². The van der Waals surface area contributed by atoms with Crippen molar-refractivity contribution in [3.8, 4) is 11.5 Å². The molecule has 0 unspecified atom stereocenters. The molecule has 0 aromatic heterocycles. The van der Waals surface area contributed by atoms with Gasteiger partial charge in [-0.2, -0.15) is 5.10 Å². The molecule has 0 aliphatic rings. The highest BCUT2D eigenvalue weighted by Gasteiger charge is 2.12. The maximum atomic E-state index is 5.65. The third kappa shape index (κ3) is 3.13. The van der Waals surface area contributed by atoms with E-state index >= 15 is 0 Å². The van der Waals surface area contributed by atoms with Crippen LogP contribution in [0, 0.1) is 0 Å². The van der Waals surface area contributed by atoms with Gasteiger partial charge in [0, 0.05) is 0 Å². The Morgan fingerprint density at radius 1 is 1.44 bits per heavy atom. The molecule has 4 nitrogen and oxygen atoms in total. The third-order valence-corrected chi connectivity index (χ3v) is 2.42. The SMILES string of the molecule is COc1cc(C=NN)cc(Br)c1OC(C)C. The lowest BCUT2D eigenvalue weighted by molar-refractivity contribution is 0.228. The van der Waals surface area contributed by atoms with Gasteiger partial charge >= 0.3 is 0 Å². The van der Waals surface area contributed by atoms with Crippen LogP contribution in [0.3, 0.4) is 0 Å². The van der Waals surface area contributed by atoms with E-state index in [0.717, 1.165) is 10.0 Å². The van der Waals surface area contributed by atoms with Crippen LogP contribution in [-0.2, 0) is 0 Å². The van der Waals surface area contributed by atoms with E-state index in [9.17, 15) is 0 Å². The van der Waals surface area contributed by atoms with Crippen LogP contribution in [0.4, 0.5) is 0 Å². The number of rotatable bonds is 4. The molecule has 5 heteroatoms. The average Bonchev–Trinajstić information content (AvgIpc) is 2.21. The zero-order valence-corrected chi connectivity index (χ0v) is 11.1. The molecule has 1 rings (SSSR count). The molecule has 0 saturated carbocycles. The molecule has 0 amide bonds. The van der Waals surface area contributed by atoms with Crippen molar-refractivity contribution in [3.63, 3.8) is 0 Å². The number of benzene rings is 1. The molecule has 2 N–H and O–H groups in total. The first-order valence-corrected chi connectivity index (χ1v) is 5.65. The second-order valence-corrected chi connectivity index (χ2v) is 4.33. The molecule has 1 aromatic carbocycles. The average molecular weight is 287 g/mol. The molecule has 0 radical (unpaired) electrons. The molecule has 88 valence electrons. The Labute approximate surface area is 104 Å². The molecule has 0 spiro atoms. The number of hydrazone groups is 1. The molecule has 1 aromatic rings. The topological polar surface area (TPSA) is 56.8 Å². The maximum Gasteiger partial charge on any atom is 0.175 e. The van der Waals surface area contributed by atoms with Gasteiger partial charge in [-0.25, -0.2) is 0 Å². The number of halogens is 1. The van der Waals surface area contributed by atoms with Gasteiger partial charge in [-0.3, -0.25) is 0 Å². The molecule has 0 aliphatic carbocycles. The van der Waals surface area contributed by atoms with Crippen LogP contribution < -0.4 is 15.3 Å². The van der Waals surface area contributed by atoms with Crippen LogP contribution >= 0.6 is 15.9 Å². The molecule has 0 bridgehead atoms. The Kier molecular flexibility index (Phi) is 4.61. The molecular weight excluding hydrogens is 272 g/mol. The summed E-state index contributed by atoms with van der Waals surface area (Å²) in [7, 11) is 1.60. The fourth-order valence-corrected chi connectivity index (χ4v) is 1.80. The fourth-order valence-electron chi connectivity index (χ4n) is 1.25. The summed E-state index contributed by atoms with van der Waals surface area (Å²) in [5, 5.41) is 3.47. The van der Waals surface area contributed by atoms with Crippen LogP contribution in [0.15, 0.2) is 21.7 Å². The summed E-state index contributed by atoms with van der Waals surface area (Å²) < 4.78 is 11.7. The zero-order valence-electron chi connectivity index (χ0n) is 9.53. The standard InChI is InChI=1S/C11H15BrN2O2/c1-7(2)16-11-9(12)4-8(6-14-13)5-10(11)15-3/h4-7H,13H2,1-3H3. The summed E-state index contributed by atoms with van der Waals surface area (Å²) in [5.41, 5.74) is 0.849. The van der Waals surface area contributed by atoms with Gasteiger partial charge in [0.2, 0.25) is 0 Å². The van der Waals surface area contributed by atoms with Crippen molar-refractivity contribution < 1.29 is 9.47 Å². The highest BCUT2D eigenvalue weighted by atomic mass is 79.9. The minimum atomic E-state index is 0.0826. The van der Waals surface area contributed by atoms with Gasteiger partial charge in [0.05, 0.1) is 23.9 Å². The van der Waals surface area contributed by atoms with Gasteiger partial charge in [-0.05, 0) is 47.5 Å². The fraction of sp³-hybridized carbons (Fsp3) is 0.364. The van der Waals surface area contributed by atoms with Gasteiger partial charge in [0.1, 0.15) is 0 Å². The minimum Gasteiger partial charge on any atom is -0.493 e. The van der Waals surface area contributed by atoms with Crippen molar-refractivity contribution in [2.45, 2.75) is 20.0 Å². The summed E-state index contributed by atoms with van der Waals surface area (Å²) in [6, 6.07) is 3.69. The van der Waals surface area contributed by atoms with Gasteiger partial charge in [-0.15, -0.1) is 0 Å². The molecule has 0 heterocycles. The predicted octanol–water partition coefficient (Wildman–Crippen LogP) is 2.54. The number of nitrogens with two attached hydrogens (primary N) is 1. The lowest BCUT2D eigenvalue weighted by Crippen LogP contribution is -2.07. The maximum absolute atomic E-state index is 5.65. The second kappa shape index (κ2) is 5.75. The summed E-state index contributed by atoms with van der Waals surface area (Å²) in [4.78, 5) is 0. The molecule has 16 heavy (non-hydrogen) atoms. The normalized spacial score (nSPS) is 11.1. The van der Waals surface area contributed by atoms with Crippen molar-refractivity contribution in [2.24, 2.45) is 10.9 Å². The van der Waals surface area contributed by atoms with E-state index < -0.39 is 0 Å². The number of methoxy groups -OCH3 is 1. The van der Waals surface area contributed by atoms with Crippen molar-refractivity contribution >= 4 is 22.1 Å². The Balaban J connectivity index is 3.17. The van der Waals surface area contributed by atoms with E-state index in [1.54, 1.807) is 13.3 Å². The largest absolute Gasteiger partial charge is 0.493 e. The first kappa shape index (κ1) is 12.8. The first-order chi connectivity index (χ1) is 7.58. The summed E-state index contributed by atoms with van der Waals surface area (Å²) in [5.74, 6) is 6.44. The van der Waals surface area contributed by atoms with Crippen LogP contribution in [0.25, 0.3) is 0 Å². The highest BCUT2D eigenvalue weighted by Crippen LogP contribution is 2.36. The van der Waals surface area contributed by atoms with E-state index in [0.29, 0.717) is 11.5 Å². The third-order valence-electron chi connectivity index (χ3n) is 1.83. The van der Waals surface area contributed by atoms with Gasteiger partial charge in [0.25, 0.3) is 0 Å². The minimum absolute atomic E-state index is 0.0826. The molecule has 0 saturated heterocycles. The molecule has 0 aliphatic heterocycles. The van der Waals surface area contributed by atoms with Crippen LogP contribution in [-0.4, -0.2) is 19.4 Å². The zero-order chi connectivity index (χ0) is 12.1. The van der Waals surface area contributed by atoms with E-state index in [-0.39, 0.29) is 6.10 Å². The van der Waals surface area contributed by atoms with Crippen LogP contribution in [0.2, 0.25) is 0 Å². The summed E-state index contributed by atoms with van der Waals surface area (Å²) in [6.07, 6.45) is 1.63. The molecular formula is C11H15BrN2O2. The highest BCUT2D eigenvalue weighted by molar-refractivity contribution is 9.10. The number of hydrogen-bond acceptors (Lipinski definition) is 4. The molecule has 0 fully saturated rings. The van der Waals surface area contributed by atoms with Crippen molar-refractivity contribution in [2.75, 3.05) is 7.11 Å². The van der Waals surface area contributed by atoms with E-state index in [1.807, 2.05) is 26.0 Å². The predicted molar refractivity (Wildman–Crippen MR) is 68.2 cm³/mol. The quantitative estimate of drug-likeness (QED) is 0.526. The lowest BCUT2D eigenvalue weighted by Gasteiger charge is -2.15. The van der Waals surface area contributed by atoms with Crippen molar-refractivity contribution in [1.29, 1.82) is 0 Å². The van der Waals surface area contributed by atoms with Gasteiger partial charge in [0.15, 0.2) is 11.5 Å². The second-order valence-electron chi connectivity index (χ2n) is 3.48. The summed E-state index contributed by atoms with van der Waals surface area (Å²) >= 11 is 3.43. The monoisotopic (exact) mass is 286 g/mol. The number of ether oxygens (including phenoxy) is 2. The van der Waals surface area contributed by atoms with Crippen LogP contribution in [0.1, 0.15) is 19.4 Å². The van der Waals surface area contributed by atoms with Gasteiger partial charge < -0.3 is 15.3 Å². The summed E-state index contributed by atoms with van der Waals surface area (Å²) in [6.45, 7) is 3.92. The van der Waals surface area contributed by atoms with Gasteiger partial charge in [-0.1, -0.05) is 0 Å². The Morgan fingerprint density at radius 3 is 2.62 bits per heavy atom. The molecule has 0 atom stereocenters. The van der Waals surface area contributed by atoms with E-state index in [1.165, 1.54) is 0 Å². The lowest BCUT2D eigenvalue weighted by atomic mass is 10.2. The Morgan fingerprint density at radius 2 is 2.12 bits per heavy atom. The van der Waals surface area contributed by atoms with Crippen LogP contribution in [0.5, 0.6) is 11.5 Å². The number of nitrogens with zero attached hydrogens (tertiary/aromatic N) is 1. The Bertz CT molecular complexity index is 392. The van der Waals surface area contributed by atoms with Crippen molar-refractivity contribution in [1.82, 2.24) is 0 Å². The smallest absolute Gasteiger partial charge is 0.175 e. The van der Waals surface area contributed by atoms with E-state index in [4.69, 9.17) is 15.3 Å². The first-order valence-electron chi connectivity index (χ1n) is 4.86. The van der Waals surface area contributed by atoms with Crippen molar-refractivity contribution in [3.05, 3.63) is 22.2 Å².